The van der Waals surface area contributed by atoms with Crippen molar-refractivity contribution in [2.24, 2.45) is 0 Å². The molecule has 0 spiro atoms. The number of ether oxygens (including phenoxy) is 2. The summed E-state index contributed by atoms with van der Waals surface area (Å²) in [5.74, 6) is 1.26. The van der Waals surface area contributed by atoms with Crippen LogP contribution < -0.4 is 15.0 Å². The van der Waals surface area contributed by atoms with Crippen LogP contribution in [0.2, 0.25) is 0 Å². The lowest BCUT2D eigenvalue weighted by Crippen LogP contribution is -2.34. The van der Waals surface area contributed by atoms with Crippen LogP contribution >= 0.6 is 0 Å². The molecule has 142 valence electrons. The number of likely N-dealkylation sites (tertiary alicyclic amines) is 1. The van der Waals surface area contributed by atoms with Crippen LogP contribution in [0.1, 0.15) is 18.4 Å². The van der Waals surface area contributed by atoms with Crippen LogP contribution in [0.25, 0.3) is 10.9 Å². The maximum absolute atomic E-state index is 12.6. The fourth-order valence-corrected chi connectivity index (χ4v) is 3.85. The maximum atomic E-state index is 12.6. The molecule has 1 unspecified atom stereocenters. The lowest BCUT2D eigenvalue weighted by atomic mass is 10.1. The monoisotopic (exact) mass is 368 g/mol. The van der Waals surface area contributed by atoms with Crippen molar-refractivity contribution >= 4 is 10.9 Å². The molecule has 2 aromatic heterocycles. The molecule has 1 fully saturated rings. The first-order valence-electron chi connectivity index (χ1n) is 9.17. The Hall–Kier alpha value is -2.80. The van der Waals surface area contributed by atoms with Crippen molar-refractivity contribution in [1.29, 1.82) is 0 Å². The summed E-state index contributed by atoms with van der Waals surface area (Å²) in [6, 6.07) is 7.99. The van der Waals surface area contributed by atoms with Gasteiger partial charge in [0.2, 0.25) is 0 Å². The number of aromatic nitrogens is 3. The summed E-state index contributed by atoms with van der Waals surface area (Å²) in [5.41, 5.74) is 1.46. The van der Waals surface area contributed by atoms with Crippen LogP contribution in [-0.2, 0) is 13.1 Å². The van der Waals surface area contributed by atoms with E-state index >= 15 is 0 Å². The Morgan fingerprint density at radius 1 is 1.22 bits per heavy atom. The van der Waals surface area contributed by atoms with Gasteiger partial charge in [-0.15, -0.1) is 0 Å². The summed E-state index contributed by atoms with van der Waals surface area (Å²) < 4.78 is 12.7. The number of benzene rings is 1. The molecular formula is C20H24N4O3. The summed E-state index contributed by atoms with van der Waals surface area (Å²) in [6.45, 7) is 2.48. The van der Waals surface area contributed by atoms with Gasteiger partial charge in [0.05, 0.1) is 26.3 Å². The van der Waals surface area contributed by atoms with Gasteiger partial charge in [0.1, 0.15) is 0 Å². The Morgan fingerprint density at radius 2 is 2.04 bits per heavy atom. The molecule has 27 heavy (non-hydrogen) atoms. The van der Waals surface area contributed by atoms with E-state index in [0.29, 0.717) is 24.1 Å². The summed E-state index contributed by atoms with van der Waals surface area (Å²) >= 11 is 0. The average Bonchev–Trinajstić information content (AvgIpc) is 3.34. The highest BCUT2D eigenvalue weighted by Gasteiger charge is 2.25. The van der Waals surface area contributed by atoms with Crippen LogP contribution in [0.3, 0.4) is 0 Å². The molecule has 3 heterocycles. The van der Waals surface area contributed by atoms with Crippen molar-refractivity contribution in [3.63, 3.8) is 0 Å². The van der Waals surface area contributed by atoms with Gasteiger partial charge in [0.25, 0.3) is 5.56 Å². The summed E-state index contributed by atoms with van der Waals surface area (Å²) in [4.78, 5) is 18.0. The highest BCUT2D eigenvalue weighted by Crippen LogP contribution is 2.31. The number of hydrogen-bond acceptors (Lipinski definition) is 5. The fraction of sp³-hybridized carbons (Fsp3) is 0.400. The molecule has 0 bridgehead atoms. The van der Waals surface area contributed by atoms with Gasteiger partial charge in [-0.2, -0.15) is 5.10 Å². The van der Waals surface area contributed by atoms with Crippen LogP contribution in [0.15, 0.2) is 41.5 Å². The summed E-state index contributed by atoms with van der Waals surface area (Å²) in [6.07, 6.45) is 6.05. The molecule has 0 radical (unpaired) electrons. The second-order valence-electron chi connectivity index (χ2n) is 6.91. The van der Waals surface area contributed by atoms with Gasteiger partial charge < -0.3 is 14.5 Å². The highest BCUT2D eigenvalue weighted by molar-refractivity contribution is 5.83. The third-order valence-corrected chi connectivity index (χ3v) is 5.25. The first-order chi connectivity index (χ1) is 13.2. The van der Waals surface area contributed by atoms with E-state index in [2.05, 4.69) is 15.0 Å². The highest BCUT2D eigenvalue weighted by atomic mass is 16.5. The minimum atomic E-state index is -0.0561. The molecule has 1 aromatic carbocycles. The van der Waals surface area contributed by atoms with Gasteiger partial charge in [-0.25, -0.2) is 0 Å². The molecule has 1 aliphatic rings. The molecule has 7 nitrogen and oxygen atoms in total. The van der Waals surface area contributed by atoms with E-state index < -0.39 is 0 Å². The SMILES string of the molecule is COc1cc2cc(CN3CCCC3Cn3cccn3)c(=O)[nH]c2cc1OC. The topological polar surface area (TPSA) is 72.4 Å². The number of fused-ring (bicyclic) bond motifs is 1. The quantitative estimate of drug-likeness (QED) is 0.723. The zero-order valence-electron chi connectivity index (χ0n) is 15.6. The van der Waals surface area contributed by atoms with E-state index in [1.807, 2.05) is 29.1 Å². The Kier molecular flexibility index (Phi) is 4.85. The normalized spacial score (nSPS) is 17.5. The van der Waals surface area contributed by atoms with E-state index in [9.17, 15) is 4.79 Å². The minimum absolute atomic E-state index is 0.0561. The fourth-order valence-electron chi connectivity index (χ4n) is 3.85. The average molecular weight is 368 g/mol. The van der Waals surface area contributed by atoms with Gasteiger partial charge >= 0.3 is 0 Å². The lowest BCUT2D eigenvalue weighted by Gasteiger charge is -2.24. The van der Waals surface area contributed by atoms with Gasteiger partial charge in [-0.05, 0) is 37.6 Å². The Labute approximate surface area is 157 Å². The van der Waals surface area contributed by atoms with E-state index in [-0.39, 0.29) is 5.56 Å². The van der Waals surface area contributed by atoms with Crippen molar-refractivity contribution in [3.05, 3.63) is 52.6 Å². The molecule has 1 atom stereocenters. The predicted octanol–water partition coefficient (Wildman–Crippen LogP) is 2.41. The summed E-state index contributed by atoms with van der Waals surface area (Å²) in [5, 5.41) is 5.25. The van der Waals surface area contributed by atoms with E-state index in [1.165, 1.54) is 0 Å². The number of nitrogens with zero attached hydrogens (tertiary/aromatic N) is 3. The molecule has 1 aliphatic heterocycles. The second kappa shape index (κ2) is 7.44. The van der Waals surface area contributed by atoms with Crippen LogP contribution in [-0.4, -0.2) is 46.5 Å². The zero-order valence-corrected chi connectivity index (χ0v) is 15.6. The first-order valence-corrected chi connectivity index (χ1v) is 9.17. The molecule has 1 N–H and O–H groups in total. The number of pyridine rings is 1. The molecular weight excluding hydrogens is 344 g/mol. The molecule has 3 aromatic rings. The summed E-state index contributed by atoms with van der Waals surface area (Å²) in [7, 11) is 3.20. The lowest BCUT2D eigenvalue weighted by molar-refractivity contribution is 0.218. The smallest absolute Gasteiger partial charge is 0.252 e. The standard InChI is InChI=1S/C20H24N4O3/c1-26-18-10-14-9-15(20(25)22-17(14)11-19(18)27-2)12-23-7-3-5-16(23)13-24-8-4-6-21-24/h4,6,8-11,16H,3,5,7,12-13H2,1-2H3,(H,22,25). The van der Waals surface area contributed by atoms with Crippen molar-refractivity contribution < 1.29 is 9.47 Å². The third-order valence-electron chi connectivity index (χ3n) is 5.25. The number of rotatable bonds is 6. The molecule has 1 saturated heterocycles. The molecule has 4 rings (SSSR count). The van der Waals surface area contributed by atoms with Gasteiger partial charge in [-0.1, -0.05) is 0 Å². The van der Waals surface area contributed by atoms with Gasteiger partial charge in [-0.3, -0.25) is 14.4 Å². The maximum Gasteiger partial charge on any atom is 0.252 e. The van der Waals surface area contributed by atoms with Gasteiger partial charge in [0, 0.05) is 42.0 Å². The zero-order chi connectivity index (χ0) is 18.8. The minimum Gasteiger partial charge on any atom is -0.493 e. The molecule has 0 amide bonds. The number of methoxy groups -OCH3 is 2. The van der Waals surface area contributed by atoms with Crippen molar-refractivity contribution in [3.8, 4) is 11.5 Å². The van der Waals surface area contributed by atoms with Crippen LogP contribution in [0, 0.1) is 0 Å². The number of H-pyrrole nitrogens is 1. The van der Waals surface area contributed by atoms with Crippen molar-refractivity contribution in [2.45, 2.75) is 32.0 Å². The molecule has 0 saturated carbocycles. The Balaban J connectivity index is 1.61. The van der Waals surface area contributed by atoms with Crippen molar-refractivity contribution in [1.82, 2.24) is 19.7 Å². The predicted molar refractivity (Wildman–Crippen MR) is 103 cm³/mol. The van der Waals surface area contributed by atoms with E-state index in [0.717, 1.165) is 42.4 Å². The van der Waals surface area contributed by atoms with Crippen LogP contribution in [0.5, 0.6) is 11.5 Å². The van der Waals surface area contributed by atoms with Gasteiger partial charge in [0.15, 0.2) is 11.5 Å². The van der Waals surface area contributed by atoms with Crippen molar-refractivity contribution in [2.75, 3.05) is 20.8 Å². The number of hydrogen-bond donors (Lipinski definition) is 1. The molecule has 0 aliphatic carbocycles. The largest absolute Gasteiger partial charge is 0.493 e. The van der Waals surface area contributed by atoms with E-state index in [4.69, 9.17) is 9.47 Å². The third kappa shape index (κ3) is 3.55. The Morgan fingerprint density at radius 3 is 2.78 bits per heavy atom. The Bertz CT molecular complexity index is 981. The van der Waals surface area contributed by atoms with E-state index in [1.54, 1.807) is 26.5 Å². The number of aromatic amines is 1. The first kappa shape index (κ1) is 17.6. The second-order valence-corrected chi connectivity index (χ2v) is 6.91. The number of nitrogens with one attached hydrogen (secondary N) is 1. The molecule has 7 heteroatoms. The van der Waals surface area contributed by atoms with Crippen LogP contribution in [0.4, 0.5) is 0 Å².